The van der Waals surface area contributed by atoms with E-state index in [9.17, 15) is 14.7 Å². The van der Waals surface area contributed by atoms with Crippen LogP contribution in [0.3, 0.4) is 0 Å². The van der Waals surface area contributed by atoms with Crippen molar-refractivity contribution in [1.29, 1.82) is 0 Å². The number of aliphatic hydroxyl groups is 2. The van der Waals surface area contributed by atoms with Gasteiger partial charge in [0.05, 0.1) is 24.0 Å². The van der Waals surface area contributed by atoms with E-state index in [4.69, 9.17) is 5.11 Å². The first-order valence-electron chi connectivity index (χ1n) is 8.70. The third kappa shape index (κ3) is 5.65. The molecule has 1 heterocycles. The fourth-order valence-electron chi connectivity index (χ4n) is 2.59. The zero-order valence-corrected chi connectivity index (χ0v) is 16.1. The smallest absolute Gasteiger partial charge is 0.164 e. The van der Waals surface area contributed by atoms with Gasteiger partial charge in [0.15, 0.2) is 11.6 Å². The maximum absolute atomic E-state index is 12.4. The minimum Gasteiger partial charge on any atom is -0.390 e. The lowest BCUT2D eigenvalue weighted by Crippen LogP contribution is -2.39. The van der Waals surface area contributed by atoms with Gasteiger partial charge in [0.2, 0.25) is 0 Å². The van der Waals surface area contributed by atoms with Gasteiger partial charge in [-0.25, -0.2) is 4.98 Å². The van der Waals surface area contributed by atoms with Gasteiger partial charge in [-0.2, -0.15) is 0 Å². The standard InChI is InChI=1S/C22H22N2O4/c1-22(2,28)19(21(27)14-25)12-20(26)17-10-8-16(9-11-17)6-4-5-7-18-13-23-15-24(18)3/h8-11,13,15,19,25,28H,12,14H2,1-3H3/t19-/m1/s1. The number of carbonyl (C=O) groups is 2. The zero-order valence-electron chi connectivity index (χ0n) is 16.1. The summed E-state index contributed by atoms with van der Waals surface area (Å²) in [6.07, 6.45) is 3.13. The fourth-order valence-corrected chi connectivity index (χ4v) is 2.59. The summed E-state index contributed by atoms with van der Waals surface area (Å²) in [6, 6.07) is 6.62. The Hall–Kier alpha value is -3.19. The second-order valence-corrected chi connectivity index (χ2v) is 6.93. The van der Waals surface area contributed by atoms with Crippen molar-refractivity contribution in [3.8, 4) is 23.7 Å². The molecule has 0 aliphatic carbocycles. The first-order chi connectivity index (χ1) is 13.2. The number of ketones is 2. The minimum absolute atomic E-state index is 0.176. The number of imidazole rings is 1. The first-order valence-corrected chi connectivity index (χ1v) is 8.70. The van der Waals surface area contributed by atoms with Crippen LogP contribution in [0.5, 0.6) is 0 Å². The van der Waals surface area contributed by atoms with E-state index < -0.39 is 23.9 Å². The molecule has 0 saturated heterocycles. The molecule has 0 spiro atoms. The van der Waals surface area contributed by atoms with Gasteiger partial charge >= 0.3 is 0 Å². The number of aliphatic hydroxyl groups excluding tert-OH is 1. The molecular weight excluding hydrogens is 356 g/mol. The van der Waals surface area contributed by atoms with Gasteiger partial charge in [0.25, 0.3) is 0 Å². The van der Waals surface area contributed by atoms with Crippen molar-refractivity contribution >= 4 is 11.6 Å². The van der Waals surface area contributed by atoms with Gasteiger partial charge in [-0.3, -0.25) is 9.59 Å². The van der Waals surface area contributed by atoms with Crippen LogP contribution in [0, 0.1) is 29.6 Å². The molecule has 1 atom stereocenters. The molecule has 0 aliphatic heterocycles. The van der Waals surface area contributed by atoms with Crippen molar-refractivity contribution in [1.82, 2.24) is 9.55 Å². The van der Waals surface area contributed by atoms with Gasteiger partial charge in [-0.05, 0) is 43.7 Å². The fraction of sp³-hybridized carbons (Fsp3) is 0.318. The Labute approximate surface area is 164 Å². The number of hydrogen-bond acceptors (Lipinski definition) is 5. The third-order valence-corrected chi connectivity index (χ3v) is 4.27. The highest BCUT2D eigenvalue weighted by molar-refractivity contribution is 5.99. The zero-order chi connectivity index (χ0) is 20.7. The number of carbonyl (C=O) groups excluding carboxylic acids is 2. The summed E-state index contributed by atoms with van der Waals surface area (Å²) in [5.74, 6) is 9.47. The molecule has 0 amide bonds. The largest absolute Gasteiger partial charge is 0.390 e. The molecule has 1 aromatic heterocycles. The summed E-state index contributed by atoms with van der Waals surface area (Å²) in [6.45, 7) is 2.18. The Morgan fingerprint density at radius 1 is 1.18 bits per heavy atom. The Balaban J connectivity index is 2.07. The van der Waals surface area contributed by atoms with Crippen molar-refractivity contribution in [3.05, 3.63) is 53.6 Å². The van der Waals surface area contributed by atoms with E-state index in [-0.39, 0.29) is 12.2 Å². The normalized spacial score (nSPS) is 11.6. The summed E-state index contributed by atoms with van der Waals surface area (Å²) < 4.78 is 1.79. The Morgan fingerprint density at radius 2 is 1.82 bits per heavy atom. The van der Waals surface area contributed by atoms with E-state index in [0.29, 0.717) is 11.1 Å². The van der Waals surface area contributed by atoms with Crippen LogP contribution in [-0.4, -0.2) is 43.5 Å². The van der Waals surface area contributed by atoms with Crippen molar-refractivity contribution in [2.24, 2.45) is 13.0 Å². The highest BCUT2D eigenvalue weighted by Crippen LogP contribution is 2.23. The van der Waals surface area contributed by atoms with Crippen LogP contribution in [0.15, 0.2) is 36.8 Å². The van der Waals surface area contributed by atoms with E-state index in [1.54, 1.807) is 41.4 Å². The molecule has 2 rings (SSSR count). The lowest BCUT2D eigenvalue weighted by atomic mass is 9.82. The van der Waals surface area contributed by atoms with Crippen molar-refractivity contribution in [2.45, 2.75) is 25.9 Å². The molecule has 2 aromatic rings. The summed E-state index contributed by atoms with van der Waals surface area (Å²) >= 11 is 0. The van der Waals surface area contributed by atoms with Crippen LogP contribution >= 0.6 is 0 Å². The highest BCUT2D eigenvalue weighted by Gasteiger charge is 2.34. The van der Waals surface area contributed by atoms with Crippen LogP contribution in [0.4, 0.5) is 0 Å². The Kier molecular flexibility index (Phi) is 6.89. The summed E-state index contributed by atoms with van der Waals surface area (Å²) in [5.41, 5.74) is 0.467. The third-order valence-electron chi connectivity index (χ3n) is 4.27. The molecular formula is C22H22N2O4. The highest BCUT2D eigenvalue weighted by atomic mass is 16.3. The lowest BCUT2D eigenvalue weighted by molar-refractivity contribution is -0.133. The SMILES string of the molecule is Cn1cncc1C#CC#Cc1ccc(C(=O)C[C@H](C(=O)CO)C(C)(C)O)cc1. The van der Waals surface area contributed by atoms with E-state index in [1.165, 1.54) is 13.8 Å². The van der Waals surface area contributed by atoms with Gasteiger partial charge in [-0.1, -0.05) is 18.1 Å². The monoisotopic (exact) mass is 378 g/mol. The molecule has 0 aliphatic rings. The number of hydrogen-bond donors (Lipinski definition) is 2. The van der Waals surface area contributed by atoms with Crippen molar-refractivity contribution < 1.29 is 19.8 Å². The van der Waals surface area contributed by atoms with Crippen LogP contribution in [0.25, 0.3) is 0 Å². The molecule has 1 aromatic carbocycles. The molecule has 0 unspecified atom stereocenters. The maximum Gasteiger partial charge on any atom is 0.164 e. The predicted octanol–water partition coefficient (Wildman–Crippen LogP) is 1.34. The Morgan fingerprint density at radius 3 is 2.36 bits per heavy atom. The van der Waals surface area contributed by atoms with Gasteiger partial charge in [0, 0.05) is 24.6 Å². The molecule has 6 heteroatoms. The molecule has 6 nitrogen and oxygen atoms in total. The average Bonchev–Trinajstić information content (AvgIpc) is 3.07. The molecule has 144 valence electrons. The van der Waals surface area contributed by atoms with E-state index in [1.807, 2.05) is 7.05 Å². The number of benzene rings is 1. The first kappa shape index (κ1) is 21.1. The molecule has 0 bridgehead atoms. The van der Waals surface area contributed by atoms with Crippen LogP contribution in [0.1, 0.15) is 41.9 Å². The summed E-state index contributed by atoms with van der Waals surface area (Å²) in [4.78, 5) is 28.2. The number of nitrogens with zero attached hydrogens (tertiary/aromatic N) is 2. The minimum atomic E-state index is -1.40. The van der Waals surface area contributed by atoms with Gasteiger partial charge in [0.1, 0.15) is 12.3 Å². The molecule has 0 fully saturated rings. The van der Waals surface area contributed by atoms with Crippen LogP contribution < -0.4 is 0 Å². The number of aromatic nitrogens is 2. The molecule has 2 N–H and O–H groups in total. The second-order valence-electron chi connectivity index (χ2n) is 6.93. The summed E-state index contributed by atoms with van der Waals surface area (Å²) in [7, 11) is 1.84. The quantitative estimate of drug-likeness (QED) is 0.585. The van der Waals surface area contributed by atoms with Gasteiger partial charge < -0.3 is 14.8 Å². The average molecular weight is 378 g/mol. The van der Waals surface area contributed by atoms with Crippen LogP contribution in [0.2, 0.25) is 0 Å². The van der Waals surface area contributed by atoms with Crippen LogP contribution in [-0.2, 0) is 11.8 Å². The van der Waals surface area contributed by atoms with E-state index >= 15 is 0 Å². The van der Waals surface area contributed by atoms with E-state index in [0.717, 1.165) is 5.69 Å². The maximum atomic E-state index is 12.4. The number of aryl methyl sites for hydroxylation is 1. The summed E-state index contributed by atoms with van der Waals surface area (Å²) in [5, 5.41) is 19.2. The Bertz CT molecular complexity index is 974. The second kappa shape index (κ2) is 9.14. The number of rotatable bonds is 6. The number of Topliss-reactive ketones (excluding diaryl/α,β-unsaturated/α-hetero) is 2. The van der Waals surface area contributed by atoms with Crippen molar-refractivity contribution in [3.63, 3.8) is 0 Å². The lowest BCUT2D eigenvalue weighted by Gasteiger charge is -2.27. The van der Waals surface area contributed by atoms with Gasteiger partial charge in [-0.15, -0.1) is 0 Å². The molecule has 28 heavy (non-hydrogen) atoms. The topological polar surface area (TPSA) is 92.4 Å². The molecule has 0 saturated carbocycles. The molecule has 0 radical (unpaired) electrons. The predicted molar refractivity (Wildman–Crippen MR) is 104 cm³/mol. The van der Waals surface area contributed by atoms with Crippen molar-refractivity contribution in [2.75, 3.05) is 6.61 Å². The van der Waals surface area contributed by atoms with E-state index in [2.05, 4.69) is 28.7 Å².